The monoisotopic (exact) mass is 150 g/mol. The summed E-state index contributed by atoms with van der Waals surface area (Å²) in [5.74, 6) is -0.263. The van der Waals surface area contributed by atoms with Crippen molar-refractivity contribution in [3.63, 3.8) is 0 Å². The summed E-state index contributed by atoms with van der Waals surface area (Å²) < 4.78 is 0. The van der Waals surface area contributed by atoms with E-state index < -0.39 is 6.23 Å². The van der Waals surface area contributed by atoms with Crippen LogP contribution in [0.25, 0.3) is 0 Å². The van der Waals surface area contributed by atoms with E-state index in [9.17, 15) is 4.79 Å². The molecule has 1 aliphatic heterocycles. The molecule has 0 aliphatic carbocycles. The van der Waals surface area contributed by atoms with Crippen LogP contribution >= 0.6 is 0 Å². The molecule has 0 radical (unpaired) electrons. The fourth-order valence-electron chi connectivity index (χ4n) is 1.10. The topological polar surface area (TPSA) is 62.2 Å². The standard InChI is InChI=1S/C7H6N2O2/c10-6-4-2-1-3-8-5(4)7(11)9-6/h1-3,7,11H,(H,9,10)/t7-/m0/s1. The smallest absolute Gasteiger partial charge is 0.255 e. The second kappa shape index (κ2) is 2.03. The van der Waals surface area contributed by atoms with Gasteiger partial charge in [0.2, 0.25) is 0 Å². The van der Waals surface area contributed by atoms with E-state index in [0.717, 1.165) is 0 Å². The molecule has 56 valence electrons. The van der Waals surface area contributed by atoms with E-state index in [0.29, 0.717) is 11.3 Å². The number of aromatic nitrogens is 1. The predicted octanol–water partition coefficient (Wildman–Crippen LogP) is -0.184. The summed E-state index contributed by atoms with van der Waals surface area (Å²) in [7, 11) is 0. The number of hydrogen-bond acceptors (Lipinski definition) is 3. The van der Waals surface area contributed by atoms with Gasteiger partial charge >= 0.3 is 0 Å². The van der Waals surface area contributed by atoms with Gasteiger partial charge in [0.1, 0.15) is 5.69 Å². The molecule has 0 saturated heterocycles. The second-order valence-electron chi connectivity index (χ2n) is 2.31. The first-order valence-corrected chi connectivity index (χ1v) is 3.23. The molecule has 0 saturated carbocycles. The Hall–Kier alpha value is -1.42. The highest BCUT2D eigenvalue weighted by Crippen LogP contribution is 2.19. The van der Waals surface area contributed by atoms with Gasteiger partial charge in [0.25, 0.3) is 5.91 Å². The number of amides is 1. The normalized spacial score (nSPS) is 21.2. The lowest BCUT2D eigenvalue weighted by atomic mass is 10.2. The van der Waals surface area contributed by atoms with Gasteiger partial charge in [-0.15, -0.1) is 0 Å². The zero-order valence-electron chi connectivity index (χ0n) is 5.61. The van der Waals surface area contributed by atoms with Crippen molar-refractivity contribution < 1.29 is 9.90 Å². The first-order chi connectivity index (χ1) is 5.29. The Labute approximate surface area is 62.9 Å². The molecule has 1 amide bonds. The molecule has 11 heavy (non-hydrogen) atoms. The molecule has 1 atom stereocenters. The molecule has 1 aliphatic rings. The number of pyridine rings is 1. The van der Waals surface area contributed by atoms with Crippen molar-refractivity contribution in [1.82, 2.24) is 10.3 Å². The summed E-state index contributed by atoms with van der Waals surface area (Å²) in [6, 6.07) is 3.30. The number of hydrogen-bond donors (Lipinski definition) is 2. The molecule has 2 heterocycles. The van der Waals surface area contributed by atoms with Gasteiger partial charge in [-0.2, -0.15) is 0 Å². The van der Waals surface area contributed by atoms with Crippen LogP contribution in [0.15, 0.2) is 18.3 Å². The highest BCUT2D eigenvalue weighted by molar-refractivity contribution is 5.98. The number of nitrogens with one attached hydrogen (secondary N) is 1. The third-order valence-electron chi connectivity index (χ3n) is 1.61. The number of fused-ring (bicyclic) bond motifs is 1. The molecule has 0 unspecified atom stereocenters. The Balaban J connectivity index is 2.60. The second-order valence-corrected chi connectivity index (χ2v) is 2.31. The van der Waals surface area contributed by atoms with E-state index in [1.165, 1.54) is 0 Å². The molecule has 2 rings (SSSR count). The SMILES string of the molecule is O=C1N[C@@H](O)c2ncccc21. The van der Waals surface area contributed by atoms with Gasteiger partial charge in [-0.1, -0.05) is 0 Å². The molecule has 0 spiro atoms. The fraction of sp³-hybridized carbons (Fsp3) is 0.143. The summed E-state index contributed by atoms with van der Waals surface area (Å²) in [5, 5.41) is 11.5. The summed E-state index contributed by atoms with van der Waals surface area (Å²) >= 11 is 0. The van der Waals surface area contributed by atoms with E-state index >= 15 is 0 Å². The van der Waals surface area contributed by atoms with Crippen LogP contribution in [0.2, 0.25) is 0 Å². The average Bonchev–Trinajstić information content (AvgIpc) is 2.30. The molecule has 0 aromatic carbocycles. The molecule has 0 fully saturated rings. The summed E-state index contributed by atoms with van der Waals surface area (Å²) in [6.45, 7) is 0. The van der Waals surface area contributed by atoms with Crippen molar-refractivity contribution in [3.8, 4) is 0 Å². The van der Waals surface area contributed by atoms with E-state index in [1.54, 1.807) is 18.3 Å². The molecule has 2 N–H and O–H groups in total. The number of carbonyl (C=O) groups excluding carboxylic acids is 1. The first kappa shape index (κ1) is 6.30. The minimum atomic E-state index is -0.932. The quantitative estimate of drug-likeness (QED) is 0.539. The lowest BCUT2D eigenvalue weighted by Crippen LogP contribution is -2.18. The largest absolute Gasteiger partial charge is 0.368 e. The van der Waals surface area contributed by atoms with Crippen molar-refractivity contribution in [2.75, 3.05) is 0 Å². The Morgan fingerprint density at radius 2 is 2.45 bits per heavy atom. The number of aliphatic hydroxyl groups is 1. The van der Waals surface area contributed by atoms with Crippen LogP contribution in [0.5, 0.6) is 0 Å². The Morgan fingerprint density at radius 1 is 1.64 bits per heavy atom. The molecule has 4 heteroatoms. The van der Waals surface area contributed by atoms with Crippen molar-refractivity contribution in [2.45, 2.75) is 6.23 Å². The Morgan fingerprint density at radius 3 is 3.18 bits per heavy atom. The van der Waals surface area contributed by atoms with Gasteiger partial charge in [0, 0.05) is 6.20 Å². The van der Waals surface area contributed by atoms with Crippen LogP contribution in [-0.2, 0) is 0 Å². The van der Waals surface area contributed by atoms with E-state index in [1.807, 2.05) is 0 Å². The van der Waals surface area contributed by atoms with Gasteiger partial charge in [-0.05, 0) is 12.1 Å². The molecule has 1 aromatic heterocycles. The minimum Gasteiger partial charge on any atom is -0.368 e. The average molecular weight is 150 g/mol. The number of aliphatic hydroxyl groups excluding tert-OH is 1. The van der Waals surface area contributed by atoms with Crippen LogP contribution in [0.1, 0.15) is 22.3 Å². The van der Waals surface area contributed by atoms with Gasteiger partial charge in [-0.25, -0.2) is 0 Å². The lowest BCUT2D eigenvalue weighted by molar-refractivity contribution is 0.0846. The van der Waals surface area contributed by atoms with Gasteiger partial charge in [-0.3, -0.25) is 9.78 Å². The van der Waals surface area contributed by atoms with Crippen LogP contribution in [0, 0.1) is 0 Å². The number of nitrogens with zero attached hydrogens (tertiary/aromatic N) is 1. The Kier molecular flexibility index (Phi) is 1.16. The van der Waals surface area contributed by atoms with E-state index in [-0.39, 0.29) is 5.91 Å². The van der Waals surface area contributed by atoms with Gasteiger partial charge in [0.15, 0.2) is 6.23 Å². The maximum absolute atomic E-state index is 11.0. The van der Waals surface area contributed by atoms with Crippen molar-refractivity contribution in [2.24, 2.45) is 0 Å². The predicted molar refractivity (Wildman–Crippen MR) is 36.7 cm³/mol. The van der Waals surface area contributed by atoms with Crippen LogP contribution in [0.3, 0.4) is 0 Å². The zero-order chi connectivity index (χ0) is 7.84. The zero-order valence-corrected chi connectivity index (χ0v) is 5.61. The van der Waals surface area contributed by atoms with Crippen LogP contribution < -0.4 is 5.32 Å². The van der Waals surface area contributed by atoms with Crippen molar-refractivity contribution >= 4 is 5.91 Å². The number of rotatable bonds is 0. The highest BCUT2D eigenvalue weighted by atomic mass is 16.3. The molecular formula is C7H6N2O2. The molecule has 4 nitrogen and oxygen atoms in total. The third kappa shape index (κ3) is 0.798. The fourth-order valence-corrected chi connectivity index (χ4v) is 1.10. The highest BCUT2D eigenvalue weighted by Gasteiger charge is 2.27. The van der Waals surface area contributed by atoms with Crippen molar-refractivity contribution in [1.29, 1.82) is 0 Å². The van der Waals surface area contributed by atoms with E-state index in [2.05, 4.69) is 10.3 Å². The summed E-state index contributed by atoms with van der Waals surface area (Å²) in [5.41, 5.74) is 0.873. The minimum absolute atomic E-state index is 0.263. The molecular weight excluding hydrogens is 144 g/mol. The van der Waals surface area contributed by atoms with Crippen LogP contribution in [-0.4, -0.2) is 16.0 Å². The third-order valence-corrected chi connectivity index (χ3v) is 1.61. The Bertz CT molecular complexity index is 311. The first-order valence-electron chi connectivity index (χ1n) is 3.23. The lowest BCUT2D eigenvalue weighted by Gasteiger charge is -1.98. The molecule has 0 bridgehead atoms. The van der Waals surface area contributed by atoms with Gasteiger partial charge in [0.05, 0.1) is 5.56 Å². The summed E-state index contributed by atoms with van der Waals surface area (Å²) in [6.07, 6.45) is 0.612. The number of carbonyl (C=O) groups is 1. The maximum atomic E-state index is 11.0. The van der Waals surface area contributed by atoms with Gasteiger partial charge < -0.3 is 10.4 Å². The summed E-state index contributed by atoms with van der Waals surface area (Å²) in [4.78, 5) is 14.8. The van der Waals surface area contributed by atoms with Crippen LogP contribution in [0.4, 0.5) is 0 Å². The molecule has 1 aromatic rings. The maximum Gasteiger partial charge on any atom is 0.255 e. The van der Waals surface area contributed by atoms with Crippen molar-refractivity contribution in [3.05, 3.63) is 29.6 Å². The van der Waals surface area contributed by atoms with E-state index in [4.69, 9.17) is 5.11 Å².